The van der Waals surface area contributed by atoms with Crippen molar-refractivity contribution in [1.82, 2.24) is 15.3 Å². The van der Waals surface area contributed by atoms with Gasteiger partial charge in [0.15, 0.2) is 5.25 Å². The molecule has 34 heavy (non-hydrogen) atoms. The van der Waals surface area contributed by atoms with Gasteiger partial charge < -0.3 is 30.7 Å². The first-order valence-corrected chi connectivity index (χ1v) is 12.4. The third-order valence-corrected chi connectivity index (χ3v) is 7.27. The zero-order chi connectivity index (χ0) is 24.9. The second-order valence-electron chi connectivity index (χ2n) is 8.58. The number of rotatable bonds is 11. The van der Waals surface area contributed by atoms with E-state index in [0.29, 0.717) is 25.1 Å². The van der Waals surface area contributed by atoms with Crippen LogP contribution in [-0.4, -0.2) is 60.5 Å². The number of anilines is 2. The summed E-state index contributed by atoms with van der Waals surface area (Å²) in [6, 6.07) is 7.14. The third-order valence-electron chi connectivity index (χ3n) is 5.74. The van der Waals surface area contributed by atoms with Crippen LogP contribution in [0.2, 0.25) is 0 Å². The molecule has 0 spiro atoms. The van der Waals surface area contributed by atoms with Crippen molar-refractivity contribution < 1.29 is 22.2 Å². The third kappa shape index (κ3) is 6.20. The number of benzene rings is 1. The minimum atomic E-state index is -4.20. The summed E-state index contributed by atoms with van der Waals surface area (Å²) in [6.45, 7) is 6.41. The Morgan fingerprint density at radius 3 is 2.59 bits per heavy atom. The molecule has 0 bridgehead atoms. The Morgan fingerprint density at radius 1 is 1.26 bits per heavy atom. The average molecular weight is 491 g/mol. The van der Waals surface area contributed by atoms with E-state index in [1.807, 2.05) is 20.8 Å². The normalized spacial score (nSPS) is 19.9. The molecule has 2 aromatic rings. The monoisotopic (exact) mass is 490 g/mol. The molecule has 184 valence electrons. The molecule has 3 unspecified atom stereocenters. The van der Waals surface area contributed by atoms with Gasteiger partial charge in [-0.25, -0.2) is 4.98 Å². The smallest absolute Gasteiger partial charge is 0.320 e. The molecule has 1 fully saturated rings. The lowest BCUT2D eigenvalue weighted by Crippen LogP contribution is -2.43. The van der Waals surface area contributed by atoms with E-state index >= 15 is 0 Å². The fraction of sp³-hybridized carbons (Fsp3) is 0.455. The molecular weight excluding hydrogens is 460 g/mol. The van der Waals surface area contributed by atoms with Gasteiger partial charge in [0.05, 0.1) is 5.56 Å². The number of hydrogen-bond donors (Lipinski definition) is 4. The molecule has 0 radical (unpaired) electrons. The number of nitrogens with one attached hydrogen (secondary N) is 3. The van der Waals surface area contributed by atoms with Gasteiger partial charge in [-0.3, -0.25) is 4.79 Å². The van der Waals surface area contributed by atoms with Crippen molar-refractivity contribution in [2.45, 2.75) is 50.6 Å². The van der Waals surface area contributed by atoms with E-state index in [2.05, 4.69) is 25.9 Å². The first-order chi connectivity index (χ1) is 16.1. The van der Waals surface area contributed by atoms with Gasteiger partial charge in [0.25, 0.3) is 5.91 Å². The van der Waals surface area contributed by atoms with E-state index in [1.54, 1.807) is 18.2 Å². The molecule has 11 nitrogen and oxygen atoms in total. The van der Waals surface area contributed by atoms with Gasteiger partial charge >= 0.3 is 10.1 Å². The lowest BCUT2D eigenvalue weighted by Gasteiger charge is -2.21. The first kappa shape index (κ1) is 25.4. The van der Waals surface area contributed by atoms with Gasteiger partial charge in [0, 0.05) is 30.9 Å². The maximum Gasteiger partial charge on any atom is 0.320 e. The molecule has 1 aliphatic heterocycles. The first-order valence-electron chi connectivity index (χ1n) is 11.0. The van der Waals surface area contributed by atoms with Crippen molar-refractivity contribution >= 4 is 34.1 Å². The maximum absolute atomic E-state index is 12.7. The van der Waals surface area contributed by atoms with Gasteiger partial charge in [-0.05, 0) is 31.4 Å². The number of carbonyl (C=O) groups is 2. The van der Waals surface area contributed by atoms with Crippen LogP contribution in [-0.2, 0) is 14.9 Å². The van der Waals surface area contributed by atoms with E-state index < -0.39 is 27.3 Å². The van der Waals surface area contributed by atoms with Gasteiger partial charge in [-0.2, -0.15) is 13.4 Å². The van der Waals surface area contributed by atoms with Gasteiger partial charge in [0.2, 0.25) is 5.95 Å². The summed E-state index contributed by atoms with van der Waals surface area (Å²) in [7, 11) is -4.20. The molecular formula is C22H30N6O5S. The van der Waals surface area contributed by atoms with E-state index in [0.717, 1.165) is 0 Å². The SMILES string of the molecule is CC(C)C(C)Nc1nc(NC2CNC([C@H](C=O)S(=O)(=O)Oc3ccccc3)C2)ncc1C(N)=O. The highest BCUT2D eigenvalue weighted by atomic mass is 32.2. The van der Waals surface area contributed by atoms with Crippen LogP contribution in [0.5, 0.6) is 5.75 Å². The molecule has 2 heterocycles. The van der Waals surface area contributed by atoms with Crippen LogP contribution in [0.25, 0.3) is 0 Å². The predicted octanol–water partition coefficient (Wildman–Crippen LogP) is 1.15. The van der Waals surface area contributed by atoms with Crippen LogP contribution >= 0.6 is 0 Å². The van der Waals surface area contributed by atoms with Crippen molar-refractivity contribution in [3.63, 3.8) is 0 Å². The highest BCUT2D eigenvalue weighted by molar-refractivity contribution is 7.88. The zero-order valence-corrected chi connectivity index (χ0v) is 20.1. The molecule has 3 rings (SSSR count). The van der Waals surface area contributed by atoms with Crippen molar-refractivity contribution in [3.8, 4) is 5.75 Å². The number of hydrogen-bond acceptors (Lipinski definition) is 10. The molecule has 1 aliphatic rings. The Kier molecular flexibility index (Phi) is 8.05. The van der Waals surface area contributed by atoms with E-state index in [-0.39, 0.29) is 35.3 Å². The number of aldehydes is 1. The van der Waals surface area contributed by atoms with Gasteiger partial charge in [-0.15, -0.1) is 0 Å². The quantitative estimate of drug-likeness (QED) is 0.265. The summed E-state index contributed by atoms with van der Waals surface area (Å²) in [6.07, 6.45) is 2.04. The molecule has 1 amide bonds. The standard InChI is InChI=1S/C22H30N6O5S/c1-13(2)14(3)26-21-17(20(23)30)11-25-22(28-21)27-15-9-18(24-10-15)19(12-29)34(31,32)33-16-7-5-4-6-8-16/h4-8,11-15,18-19,24H,9-10H2,1-3H3,(H2,23,30)(H2,25,26,27,28)/t14?,15?,18?,19-/m0/s1. The average Bonchev–Trinajstić information content (AvgIpc) is 3.22. The summed E-state index contributed by atoms with van der Waals surface area (Å²) in [5, 5.41) is 7.99. The zero-order valence-electron chi connectivity index (χ0n) is 19.3. The minimum Gasteiger partial charge on any atom is -0.382 e. The van der Waals surface area contributed by atoms with Crippen LogP contribution < -0.4 is 25.9 Å². The number of primary amides is 1. The topological polar surface area (TPSA) is 165 Å². The molecule has 0 aliphatic carbocycles. The number of para-hydroxylation sites is 1. The fourth-order valence-electron chi connectivity index (χ4n) is 3.46. The lowest BCUT2D eigenvalue weighted by molar-refractivity contribution is -0.107. The fourth-order valence-corrected chi connectivity index (χ4v) is 4.70. The van der Waals surface area contributed by atoms with Crippen molar-refractivity contribution in [2.24, 2.45) is 11.7 Å². The van der Waals surface area contributed by atoms with E-state index in [9.17, 15) is 18.0 Å². The van der Waals surface area contributed by atoms with Gasteiger partial charge in [0.1, 0.15) is 17.9 Å². The van der Waals surface area contributed by atoms with E-state index in [1.165, 1.54) is 18.3 Å². The van der Waals surface area contributed by atoms with E-state index in [4.69, 9.17) is 9.92 Å². The second kappa shape index (κ2) is 10.8. The summed E-state index contributed by atoms with van der Waals surface area (Å²) < 4.78 is 30.5. The summed E-state index contributed by atoms with van der Waals surface area (Å²) in [5.41, 5.74) is 5.62. The Morgan fingerprint density at radius 2 is 1.97 bits per heavy atom. The second-order valence-corrected chi connectivity index (χ2v) is 10.3. The van der Waals surface area contributed by atoms with Crippen LogP contribution in [0.1, 0.15) is 37.6 Å². The van der Waals surface area contributed by atoms with Crippen LogP contribution in [0.4, 0.5) is 11.8 Å². The molecule has 4 atom stereocenters. The number of nitrogens with two attached hydrogens (primary N) is 1. The van der Waals surface area contributed by atoms with Crippen LogP contribution in [0, 0.1) is 5.92 Å². The Bertz CT molecular complexity index is 1110. The van der Waals surface area contributed by atoms with Crippen LogP contribution in [0.15, 0.2) is 36.5 Å². The van der Waals surface area contributed by atoms with Crippen LogP contribution in [0.3, 0.4) is 0 Å². The van der Waals surface area contributed by atoms with Crippen molar-refractivity contribution in [3.05, 3.63) is 42.1 Å². The summed E-state index contributed by atoms with van der Waals surface area (Å²) >= 11 is 0. The number of amides is 1. The number of aromatic nitrogens is 2. The molecule has 1 saturated heterocycles. The molecule has 1 aromatic carbocycles. The van der Waals surface area contributed by atoms with Crippen molar-refractivity contribution in [2.75, 3.05) is 17.2 Å². The molecule has 0 saturated carbocycles. The summed E-state index contributed by atoms with van der Waals surface area (Å²) in [4.78, 5) is 32.0. The Hall–Kier alpha value is -3.25. The molecule has 12 heteroatoms. The maximum atomic E-state index is 12.7. The minimum absolute atomic E-state index is 0.0292. The summed E-state index contributed by atoms with van der Waals surface area (Å²) in [5.74, 6) is 0.346. The lowest BCUT2D eigenvalue weighted by atomic mass is 10.1. The highest BCUT2D eigenvalue weighted by Gasteiger charge is 2.40. The molecule has 1 aromatic heterocycles. The van der Waals surface area contributed by atoms with Gasteiger partial charge in [-0.1, -0.05) is 32.0 Å². The highest BCUT2D eigenvalue weighted by Crippen LogP contribution is 2.22. The predicted molar refractivity (Wildman–Crippen MR) is 128 cm³/mol. The Balaban J connectivity index is 1.70. The number of carbonyl (C=O) groups excluding carboxylic acids is 2. The van der Waals surface area contributed by atoms with Crippen molar-refractivity contribution in [1.29, 1.82) is 0 Å². The molecule has 5 N–H and O–H groups in total. The largest absolute Gasteiger partial charge is 0.382 e. The number of nitrogens with zero attached hydrogens (tertiary/aromatic N) is 2. The Labute approximate surface area is 199 Å².